The molecule has 1 atom stereocenters. The number of methoxy groups -OCH3 is 1. The van der Waals surface area contributed by atoms with E-state index in [0.717, 1.165) is 16.8 Å². The van der Waals surface area contributed by atoms with Crippen LogP contribution in [0.15, 0.2) is 24.7 Å². The van der Waals surface area contributed by atoms with E-state index in [1.165, 1.54) is 35.9 Å². The Morgan fingerprint density at radius 3 is 2.72 bits per heavy atom. The topological polar surface area (TPSA) is 101 Å². The van der Waals surface area contributed by atoms with Crippen LogP contribution in [0.1, 0.15) is 16.9 Å². The van der Waals surface area contributed by atoms with Crippen LogP contribution >= 0.6 is 0 Å². The van der Waals surface area contributed by atoms with E-state index in [0.29, 0.717) is 6.54 Å². The molecule has 4 aromatic heterocycles. The van der Waals surface area contributed by atoms with Gasteiger partial charge >= 0.3 is 0 Å². The van der Waals surface area contributed by atoms with Crippen molar-refractivity contribution in [1.82, 2.24) is 34.2 Å². The minimum Gasteiger partial charge on any atom is -0.479 e. The first-order valence-corrected chi connectivity index (χ1v) is 11.0. The third kappa shape index (κ3) is 3.86. The van der Waals surface area contributed by atoms with Crippen LogP contribution in [0, 0.1) is 11.6 Å². The minimum absolute atomic E-state index is 0.0472. The van der Waals surface area contributed by atoms with Gasteiger partial charge in [-0.05, 0) is 19.5 Å². The Labute approximate surface area is 201 Å². The van der Waals surface area contributed by atoms with Gasteiger partial charge in [-0.3, -0.25) is 9.20 Å². The van der Waals surface area contributed by atoms with Gasteiger partial charge in [-0.1, -0.05) is 0 Å². The molecule has 5 heterocycles. The molecule has 4 aromatic rings. The SMILES string of the molecule is CNC(=O)c1cnc2c(F)cc(-c3c(F)cn4nc(N[C@@H]5CCN(C)CC5(F)F)nc(OC)c34)cn12. The predicted molar refractivity (Wildman–Crippen MR) is 122 cm³/mol. The van der Waals surface area contributed by atoms with Crippen LogP contribution in [-0.4, -0.2) is 81.0 Å². The molecular weight excluding hydrogens is 484 g/mol. The van der Waals surface area contributed by atoms with E-state index >= 15 is 4.39 Å². The van der Waals surface area contributed by atoms with Gasteiger partial charge in [-0.2, -0.15) is 4.98 Å². The fourth-order valence-electron chi connectivity index (χ4n) is 4.42. The van der Waals surface area contributed by atoms with Gasteiger partial charge in [0.2, 0.25) is 11.8 Å². The number of hydrogen-bond donors (Lipinski definition) is 2. The monoisotopic (exact) mass is 506 g/mol. The van der Waals surface area contributed by atoms with Crippen LogP contribution in [0.4, 0.5) is 23.5 Å². The Bertz CT molecular complexity index is 1480. The summed E-state index contributed by atoms with van der Waals surface area (Å²) in [5.74, 6) is -5.41. The smallest absolute Gasteiger partial charge is 0.280 e. The number of ether oxygens (including phenoxy) is 1. The first-order valence-electron chi connectivity index (χ1n) is 11.0. The van der Waals surface area contributed by atoms with E-state index in [2.05, 4.69) is 25.7 Å². The molecule has 0 saturated carbocycles. The summed E-state index contributed by atoms with van der Waals surface area (Å²) < 4.78 is 66.8. The number of carbonyl (C=O) groups excluding carboxylic acids is 1. The predicted octanol–water partition coefficient (Wildman–Crippen LogP) is 2.44. The maximum atomic E-state index is 15.2. The Hall–Kier alpha value is -3.94. The van der Waals surface area contributed by atoms with Crippen molar-refractivity contribution < 1.29 is 27.1 Å². The fraction of sp³-hybridized carbons (Fsp3) is 0.364. The second kappa shape index (κ2) is 8.62. The molecular formula is C22H22F4N8O2. The summed E-state index contributed by atoms with van der Waals surface area (Å²) in [6.45, 7) is 0.0297. The van der Waals surface area contributed by atoms with Crippen molar-refractivity contribution in [3.8, 4) is 17.0 Å². The van der Waals surface area contributed by atoms with E-state index in [1.54, 1.807) is 7.05 Å². The molecule has 5 rings (SSSR count). The number of hydrogen-bond acceptors (Lipinski definition) is 7. The minimum atomic E-state index is -3.04. The molecule has 1 amide bonds. The molecule has 0 aliphatic carbocycles. The lowest BCUT2D eigenvalue weighted by Gasteiger charge is -2.36. The summed E-state index contributed by atoms with van der Waals surface area (Å²) in [5, 5.41) is 9.23. The largest absolute Gasteiger partial charge is 0.479 e. The number of carbonyl (C=O) groups is 1. The molecule has 1 aliphatic rings. The van der Waals surface area contributed by atoms with E-state index in [-0.39, 0.29) is 46.2 Å². The number of imidazole rings is 1. The highest BCUT2D eigenvalue weighted by atomic mass is 19.3. The fourth-order valence-corrected chi connectivity index (χ4v) is 4.42. The molecule has 0 unspecified atom stereocenters. The Balaban J connectivity index is 1.61. The highest BCUT2D eigenvalue weighted by molar-refractivity contribution is 5.93. The lowest BCUT2D eigenvalue weighted by molar-refractivity contribution is -0.0675. The van der Waals surface area contributed by atoms with E-state index in [9.17, 15) is 18.0 Å². The third-order valence-corrected chi connectivity index (χ3v) is 6.15. The molecule has 1 saturated heterocycles. The second-order valence-corrected chi connectivity index (χ2v) is 8.57. The summed E-state index contributed by atoms with van der Waals surface area (Å²) in [6.07, 6.45) is 3.73. The Morgan fingerprint density at radius 2 is 2.03 bits per heavy atom. The van der Waals surface area contributed by atoms with E-state index < -0.39 is 36.1 Å². The molecule has 0 aromatic carbocycles. The second-order valence-electron chi connectivity index (χ2n) is 8.57. The van der Waals surface area contributed by atoms with Gasteiger partial charge in [0.25, 0.3) is 11.8 Å². The van der Waals surface area contributed by atoms with Gasteiger partial charge < -0.3 is 20.3 Å². The summed E-state index contributed by atoms with van der Waals surface area (Å²) in [7, 11) is 4.31. The highest BCUT2D eigenvalue weighted by Gasteiger charge is 2.44. The Kier molecular flexibility index (Phi) is 5.70. The zero-order valence-corrected chi connectivity index (χ0v) is 19.5. The number of nitrogens with zero attached hydrogens (tertiary/aromatic N) is 6. The van der Waals surface area contributed by atoms with E-state index in [4.69, 9.17) is 4.74 Å². The summed E-state index contributed by atoms with van der Waals surface area (Å²) in [4.78, 5) is 21.8. The molecule has 14 heteroatoms. The normalized spacial score (nSPS) is 18.0. The maximum absolute atomic E-state index is 15.2. The van der Waals surface area contributed by atoms with Crippen molar-refractivity contribution in [3.05, 3.63) is 42.0 Å². The number of nitrogens with one attached hydrogen (secondary N) is 2. The zero-order valence-electron chi connectivity index (χ0n) is 19.5. The van der Waals surface area contributed by atoms with Crippen LogP contribution in [0.25, 0.3) is 22.3 Å². The summed E-state index contributed by atoms with van der Waals surface area (Å²) in [6, 6.07) is -0.157. The number of anilines is 1. The molecule has 1 fully saturated rings. The number of amides is 1. The third-order valence-electron chi connectivity index (χ3n) is 6.15. The van der Waals surface area contributed by atoms with Crippen LogP contribution in [0.2, 0.25) is 0 Å². The first-order chi connectivity index (χ1) is 17.1. The van der Waals surface area contributed by atoms with E-state index in [1.807, 2.05) is 0 Å². The number of pyridine rings is 1. The van der Waals surface area contributed by atoms with Gasteiger partial charge in [0.15, 0.2) is 17.3 Å². The molecule has 10 nitrogen and oxygen atoms in total. The van der Waals surface area contributed by atoms with Crippen molar-refractivity contribution in [2.45, 2.75) is 18.4 Å². The quantitative estimate of drug-likeness (QED) is 0.401. The molecule has 0 bridgehead atoms. The highest BCUT2D eigenvalue weighted by Crippen LogP contribution is 2.36. The number of alkyl halides is 2. The van der Waals surface area contributed by atoms with Crippen LogP contribution < -0.4 is 15.4 Å². The number of rotatable bonds is 5. The van der Waals surface area contributed by atoms with Gasteiger partial charge in [-0.25, -0.2) is 27.1 Å². The lowest BCUT2D eigenvalue weighted by Crippen LogP contribution is -2.53. The average Bonchev–Trinajstić information content (AvgIpc) is 3.40. The van der Waals surface area contributed by atoms with Crippen molar-refractivity contribution in [3.63, 3.8) is 0 Å². The average molecular weight is 506 g/mol. The first kappa shape index (κ1) is 23.8. The molecule has 36 heavy (non-hydrogen) atoms. The van der Waals surface area contributed by atoms with Crippen molar-refractivity contribution in [2.75, 3.05) is 39.6 Å². The number of halogens is 4. The summed E-state index contributed by atoms with van der Waals surface area (Å²) in [5.41, 5.74) is -0.0509. The molecule has 1 aliphatic heterocycles. The Morgan fingerprint density at radius 1 is 1.25 bits per heavy atom. The molecule has 2 N–H and O–H groups in total. The van der Waals surface area contributed by atoms with Crippen LogP contribution in [0.5, 0.6) is 5.88 Å². The van der Waals surface area contributed by atoms with Crippen molar-refractivity contribution >= 4 is 23.0 Å². The van der Waals surface area contributed by atoms with Gasteiger partial charge in [0.05, 0.1) is 37.7 Å². The number of likely N-dealkylation sites (tertiary alicyclic amines) is 1. The van der Waals surface area contributed by atoms with Crippen LogP contribution in [-0.2, 0) is 0 Å². The van der Waals surface area contributed by atoms with Crippen LogP contribution in [0.3, 0.4) is 0 Å². The van der Waals surface area contributed by atoms with Gasteiger partial charge in [-0.15, -0.1) is 5.10 Å². The maximum Gasteiger partial charge on any atom is 0.280 e. The van der Waals surface area contributed by atoms with Gasteiger partial charge in [0, 0.05) is 25.4 Å². The lowest BCUT2D eigenvalue weighted by atomic mass is 10.0. The zero-order chi connectivity index (χ0) is 25.8. The number of fused-ring (bicyclic) bond motifs is 2. The molecule has 0 radical (unpaired) electrons. The van der Waals surface area contributed by atoms with Crippen molar-refractivity contribution in [2.24, 2.45) is 0 Å². The molecule has 0 spiro atoms. The number of piperidine rings is 1. The van der Waals surface area contributed by atoms with Crippen molar-refractivity contribution in [1.29, 1.82) is 0 Å². The molecule has 190 valence electrons. The number of aromatic nitrogens is 5. The summed E-state index contributed by atoms with van der Waals surface area (Å²) >= 11 is 0. The van der Waals surface area contributed by atoms with Gasteiger partial charge in [0.1, 0.15) is 11.2 Å². The standard InChI is InChI=1S/C22H22F4N8O2/c1-27-19(35)14-7-28-18-12(23)6-11(8-33(14)18)16-13(24)9-34-17(16)20(36-3)30-21(31-34)29-15-4-5-32(2)10-22(15,25)26/h6-9,15H,4-5,10H2,1-3H3,(H,27,35)(H,29,31)/t15-/m1/s1.